The highest BCUT2D eigenvalue weighted by Gasteiger charge is 2.45. The highest BCUT2D eigenvalue weighted by atomic mass is 16.6. The van der Waals surface area contributed by atoms with Crippen LogP contribution in [0.25, 0.3) is 5.76 Å². The summed E-state index contributed by atoms with van der Waals surface area (Å²) in [5, 5.41) is 11.3. The van der Waals surface area contributed by atoms with E-state index < -0.39 is 17.7 Å². The first kappa shape index (κ1) is 23.8. The molecule has 0 spiro atoms. The van der Waals surface area contributed by atoms with Gasteiger partial charge in [0.05, 0.1) is 11.6 Å². The van der Waals surface area contributed by atoms with Gasteiger partial charge in [0.25, 0.3) is 11.7 Å². The van der Waals surface area contributed by atoms with Crippen molar-refractivity contribution in [3.63, 3.8) is 0 Å². The molecule has 1 amide bonds. The van der Waals surface area contributed by atoms with Crippen molar-refractivity contribution >= 4 is 17.4 Å². The molecule has 1 saturated heterocycles. The van der Waals surface area contributed by atoms with Gasteiger partial charge in [-0.25, -0.2) is 0 Å². The Morgan fingerprint density at radius 1 is 1.03 bits per heavy atom. The molecule has 180 valence electrons. The molecular weight excluding hydrogens is 432 g/mol. The number of ketones is 1. The second-order valence-corrected chi connectivity index (χ2v) is 8.64. The smallest absolute Gasteiger partial charge is 0.295 e. The Labute approximate surface area is 200 Å². The van der Waals surface area contributed by atoms with E-state index in [1.807, 2.05) is 31.2 Å². The molecule has 0 aromatic heterocycles. The number of Topliss-reactive ketones (excluding diaryl/α,β-unsaturated/α-hetero) is 1. The van der Waals surface area contributed by atoms with Gasteiger partial charge in [-0.2, -0.15) is 0 Å². The Morgan fingerprint density at radius 2 is 1.71 bits per heavy atom. The first-order valence-corrected chi connectivity index (χ1v) is 11.9. The standard InChI is InChI=1S/C27H32N2O5/c1-4-28(5-2)13-6-14-29-24(19-9-7-18(3)8-10-19)23(26(31)27(29)32)25(30)20-11-12-21-22(17-20)34-16-15-33-21/h7-12,17,24,30H,4-6,13-16H2,1-3H3/t24-/m0/s1. The van der Waals surface area contributed by atoms with Crippen LogP contribution in [-0.2, 0) is 9.59 Å². The summed E-state index contributed by atoms with van der Waals surface area (Å²) in [6, 6.07) is 12.1. The van der Waals surface area contributed by atoms with E-state index in [2.05, 4.69) is 18.7 Å². The van der Waals surface area contributed by atoms with Crippen LogP contribution in [0.2, 0.25) is 0 Å². The number of aliphatic hydroxyl groups is 1. The number of carbonyl (C=O) groups excluding carboxylic acids is 2. The van der Waals surface area contributed by atoms with Crippen molar-refractivity contribution in [2.24, 2.45) is 0 Å². The first-order chi connectivity index (χ1) is 16.4. The van der Waals surface area contributed by atoms with Crippen LogP contribution in [0.15, 0.2) is 48.0 Å². The van der Waals surface area contributed by atoms with Gasteiger partial charge in [-0.15, -0.1) is 0 Å². The van der Waals surface area contributed by atoms with E-state index in [1.165, 1.54) is 0 Å². The number of nitrogens with zero attached hydrogens (tertiary/aromatic N) is 2. The molecule has 1 atom stereocenters. The largest absolute Gasteiger partial charge is 0.507 e. The number of rotatable bonds is 8. The lowest BCUT2D eigenvalue weighted by Crippen LogP contribution is -2.33. The number of likely N-dealkylation sites (tertiary alicyclic amines) is 1. The monoisotopic (exact) mass is 464 g/mol. The lowest BCUT2D eigenvalue weighted by atomic mass is 9.94. The van der Waals surface area contributed by atoms with Crippen LogP contribution in [0.4, 0.5) is 0 Å². The Bertz CT molecular complexity index is 1090. The van der Waals surface area contributed by atoms with E-state index in [4.69, 9.17) is 9.47 Å². The Balaban J connectivity index is 1.72. The van der Waals surface area contributed by atoms with E-state index >= 15 is 0 Å². The average Bonchev–Trinajstić information content (AvgIpc) is 3.11. The summed E-state index contributed by atoms with van der Waals surface area (Å²) < 4.78 is 11.2. The number of hydrogen-bond acceptors (Lipinski definition) is 6. The highest BCUT2D eigenvalue weighted by Crippen LogP contribution is 2.41. The molecule has 2 aromatic rings. The number of hydrogen-bond donors (Lipinski definition) is 1. The molecular formula is C27H32N2O5. The minimum atomic E-state index is -0.666. The van der Waals surface area contributed by atoms with Gasteiger partial charge >= 0.3 is 0 Å². The molecule has 2 aromatic carbocycles. The summed E-state index contributed by atoms with van der Waals surface area (Å²) in [5.74, 6) is -0.345. The number of carbonyl (C=O) groups is 2. The summed E-state index contributed by atoms with van der Waals surface area (Å²) >= 11 is 0. The molecule has 7 heteroatoms. The number of ether oxygens (including phenoxy) is 2. The number of amides is 1. The number of fused-ring (bicyclic) bond motifs is 1. The molecule has 0 bridgehead atoms. The van der Waals surface area contributed by atoms with Crippen molar-refractivity contribution in [1.82, 2.24) is 9.80 Å². The molecule has 0 aliphatic carbocycles. The Hall–Kier alpha value is -3.32. The molecule has 1 N–H and O–H groups in total. The topological polar surface area (TPSA) is 79.3 Å². The van der Waals surface area contributed by atoms with Gasteiger partial charge in [0.2, 0.25) is 0 Å². The van der Waals surface area contributed by atoms with Crippen LogP contribution in [0.1, 0.15) is 43.0 Å². The molecule has 0 radical (unpaired) electrons. The third-order valence-corrected chi connectivity index (χ3v) is 6.52. The van der Waals surface area contributed by atoms with Crippen molar-refractivity contribution in [3.8, 4) is 11.5 Å². The maximum absolute atomic E-state index is 13.2. The van der Waals surface area contributed by atoms with Crippen molar-refractivity contribution in [2.45, 2.75) is 33.2 Å². The van der Waals surface area contributed by atoms with Crippen LogP contribution < -0.4 is 9.47 Å². The SMILES string of the molecule is CCN(CC)CCCN1C(=O)C(=O)C(=C(O)c2ccc3c(c2)OCCO3)[C@@H]1c1ccc(C)cc1. The van der Waals surface area contributed by atoms with Crippen LogP contribution in [0.5, 0.6) is 11.5 Å². The fraction of sp³-hybridized carbons (Fsp3) is 0.407. The van der Waals surface area contributed by atoms with E-state index in [9.17, 15) is 14.7 Å². The van der Waals surface area contributed by atoms with E-state index in [0.717, 1.165) is 37.2 Å². The Kier molecular flexibility index (Phi) is 7.22. The zero-order chi connectivity index (χ0) is 24.2. The molecule has 0 saturated carbocycles. The quantitative estimate of drug-likeness (QED) is 0.362. The fourth-order valence-electron chi connectivity index (χ4n) is 4.56. The summed E-state index contributed by atoms with van der Waals surface area (Å²) in [6.45, 7) is 10.2. The van der Waals surface area contributed by atoms with Gasteiger partial charge in [0, 0.05) is 12.1 Å². The first-order valence-electron chi connectivity index (χ1n) is 11.9. The number of aliphatic hydroxyl groups excluding tert-OH is 1. The lowest BCUT2D eigenvalue weighted by Gasteiger charge is -2.27. The van der Waals surface area contributed by atoms with Crippen molar-refractivity contribution in [2.75, 3.05) is 39.4 Å². The van der Waals surface area contributed by atoms with E-state index in [1.54, 1.807) is 23.1 Å². The number of benzene rings is 2. The molecule has 1 fully saturated rings. The maximum atomic E-state index is 13.2. The zero-order valence-electron chi connectivity index (χ0n) is 20.0. The summed E-state index contributed by atoms with van der Waals surface area (Å²) in [6.07, 6.45) is 0.737. The van der Waals surface area contributed by atoms with Gasteiger partial charge in [-0.3, -0.25) is 9.59 Å². The molecule has 0 unspecified atom stereocenters. The summed E-state index contributed by atoms with van der Waals surface area (Å²) in [4.78, 5) is 30.2. The third-order valence-electron chi connectivity index (χ3n) is 6.52. The van der Waals surface area contributed by atoms with Crippen molar-refractivity contribution < 1.29 is 24.2 Å². The normalized spacial score (nSPS) is 19.2. The summed E-state index contributed by atoms with van der Waals surface area (Å²) in [7, 11) is 0. The maximum Gasteiger partial charge on any atom is 0.295 e. The third kappa shape index (κ3) is 4.66. The molecule has 2 heterocycles. The minimum absolute atomic E-state index is 0.105. The van der Waals surface area contributed by atoms with Crippen LogP contribution in [0, 0.1) is 6.92 Å². The predicted octanol–water partition coefficient (Wildman–Crippen LogP) is 3.92. The zero-order valence-corrected chi connectivity index (χ0v) is 20.0. The van der Waals surface area contributed by atoms with E-state index in [0.29, 0.717) is 36.8 Å². The van der Waals surface area contributed by atoms with E-state index in [-0.39, 0.29) is 11.3 Å². The average molecular weight is 465 g/mol. The van der Waals surface area contributed by atoms with Crippen LogP contribution in [-0.4, -0.2) is 66.0 Å². The summed E-state index contributed by atoms with van der Waals surface area (Å²) in [5.41, 5.74) is 2.40. The van der Waals surface area contributed by atoms with Crippen LogP contribution in [0.3, 0.4) is 0 Å². The molecule has 2 aliphatic heterocycles. The van der Waals surface area contributed by atoms with Gasteiger partial charge in [-0.1, -0.05) is 43.7 Å². The van der Waals surface area contributed by atoms with Gasteiger partial charge < -0.3 is 24.4 Å². The molecule has 4 rings (SSSR count). The van der Waals surface area contributed by atoms with Gasteiger partial charge in [0.1, 0.15) is 19.0 Å². The lowest BCUT2D eigenvalue weighted by molar-refractivity contribution is -0.140. The fourth-order valence-corrected chi connectivity index (χ4v) is 4.56. The highest BCUT2D eigenvalue weighted by molar-refractivity contribution is 6.46. The van der Waals surface area contributed by atoms with Crippen LogP contribution >= 0.6 is 0 Å². The van der Waals surface area contributed by atoms with Gasteiger partial charge in [0.15, 0.2) is 11.5 Å². The Morgan fingerprint density at radius 3 is 2.38 bits per heavy atom. The predicted molar refractivity (Wildman–Crippen MR) is 130 cm³/mol. The second kappa shape index (κ2) is 10.3. The number of aryl methyl sites for hydroxylation is 1. The second-order valence-electron chi connectivity index (χ2n) is 8.64. The van der Waals surface area contributed by atoms with Crippen molar-refractivity contribution in [1.29, 1.82) is 0 Å². The molecule has 34 heavy (non-hydrogen) atoms. The van der Waals surface area contributed by atoms with Crippen molar-refractivity contribution in [3.05, 3.63) is 64.7 Å². The molecule has 2 aliphatic rings. The minimum Gasteiger partial charge on any atom is -0.507 e. The van der Waals surface area contributed by atoms with Gasteiger partial charge in [-0.05, 0) is 56.7 Å². The molecule has 7 nitrogen and oxygen atoms in total.